The maximum atomic E-state index is 11.2. The van der Waals surface area contributed by atoms with E-state index in [2.05, 4.69) is 15.2 Å². The van der Waals surface area contributed by atoms with Gasteiger partial charge in [-0.25, -0.2) is 18.5 Å². The van der Waals surface area contributed by atoms with Gasteiger partial charge in [-0.2, -0.15) is 0 Å². The number of sulfonamides is 1. The normalized spacial score (nSPS) is 20.5. The van der Waals surface area contributed by atoms with Crippen LogP contribution in [-0.2, 0) is 14.8 Å². The SMILES string of the molecule is CNCC1CN(c2ccc(S(N)(=O)=O)cn2)CCO1. The molecule has 8 heteroatoms. The van der Waals surface area contributed by atoms with Gasteiger partial charge in [0.05, 0.1) is 12.7 Å². The van der Waals surface area contributed by atoms with E-state index in [-0.39, 0.29) is 11.0 Å². The van der Waals surface area contributed by atoms with Gasteiger partial charge in [0.2, 0.25) is 10.0 Å². The molecule has 2 rings (SSSR count). The summed E-state index contributed by atoms with van der Waals surface area (Å²) in [6.07, 6.45) is 1.39. The van der Waals surface area contributed by atoms with E-state index in [9.17, 15) is 8.42 Å². The maximum Gasteiger partial charge on any atom is 0.239 e. The Bertz CT molecular complexity index is 515. The van der Waals surface area contributed by atoms with Gasteiger partial charge < -0.3 is 15.0 Å². The van der Waals surface area contributed by atoms with Crippen LogP contribution in [0.4, 0.5) is 5.82 Å². The van der Waals surface area contributed by atoms with Gasteiger partial charge in [-0.1, -0.05) is 0 Å². The molecule has 3 N–H and O–H groups in total. The molecule has 2 heterocycles. The minimum absolute atomic E-state index is 0.0243. The van der Waals surface area contributed by atoms with Crippen molar-refractivity contribution < 1.29 is 13.2 Å². The predicted molar refractivity (Wildman–Crippen MR) is 71.5 cm³/mol. The number of aromatic nitrogens is 1. The Labute approximate surface area is 112 Å². The average molecular weight is 286 g/mol. The Morgan fingerprint density at radius 2 is 2.37 bits per heavy atom. The van der Waals surface area contributed by atoms with E-state index in [4.69, 9.17) is 9.88 Å². The lowest BCUT2D eigenvalue weighted by Gasteiger charge is -2.33. The van der Waals surface area contributed by atoms with Crippen LogP contribution in [0.2, 0.25) is 0 Å². The molecule has 1 aromatic rings. The number of pyridine rings is 1. The van der Waals surface area contributed by atoms with Gasteiger partial charge in [-0.3, -0.25) is 0 Å². The zero-order valence-corrected chi connectivity index (χ0v) is 11.6. The molecule has 19 heavy (non-hydrogen) atoms. The van der Waals surface area contributed by atoms with Crippen molar-refractivity contribution in [1.29, 1.82) is 0 Å². The topological polar surface area (TPSA) is 97.6 Å². The fourth-order valence-corrected chi connectivity index (χ4v) is 2.46. The van der Waals surface area contributed by atoms with Gasteiger partial charge in [-0.15, -0.1) is 0 Å². The maximum absolute atomic E-state index is 11.2. The van der Waals surface area contributed by atoms with Gasteiger partial charge >= 0.3 is 0 Å². The van der Waals surface area contributed by atoms with Crippen LogP contribution < -0.4 is 15.4 Å². The molecule has 0 spiro atoms. The number of hydrogen-bond acceptors (Lipinski definition) is 6. The molecule has 0 radical (unpaired) electrons. The molecule has 0 bridgehead atoms. The minimum atomic E-state index is -3.69. The van der Waals surface area contributed by atoms with E-state index in [0.29, 0.717) is 6.61 Å². The molecule has 0 aromatic carbocycles. The minimum Gasteiger partial charge on any atom is -0.373 e. The molecule has 7 nitrogen and oxygen atoms in total. The smallest absolute Gasteiger partial charge is 0.239 e. The fourth-order valence-electron chi connectivity index (χ4n) is 2.01. The van der Waals surface area contributed by atoms with Crippen molar-refractivity contribution in [2.75, 3.05) is 38.2 Å². The molecule has 1 saturated heterocycles. The second-order valence-corrected chi connectivity index (χ2v) is 5.96. The Hall–Kier alpha value is -1.22. The van der Waals surface area contributed by atoms with Gasteiger partial charge in [0.15, 0.2) is 0 Å². The van der Waals surface area contributed by atoms with E-state index in [1.165, 1.54) is 12.3 Å². The molecular weight excluding hydrogens is 268 g/mol. The summed E-state index contributed by atoms with van der Waals surface area (Å²) in [7, 11) is -1.81. The van der Waals surface area contributed by atoms with E-state index in [1.54, 1.807) is 6.07 Å². The van der Waals surface area contributed by atoms with Crippen molar-refractivity contribution in [3.8, 4) is 0 Å². The van der Waals surface area contributed by atoms with Crippen LogP contribution in [0.25, 0.3) is 0 Å². The summed E-state index contributed by atoms with van der Waals surface area (Å²) in [5, 5.41) is 8.11. The Kier molecular flexibility index (Phi) is 4.35. The van der Waals surface area contributed by atoms with E-state index >= 15 is 0 Å². The second-order valence-electron chi connectivity index (χ2n) is 4.39. The summed E-state index contributed by atoms with van der Waals surface area (Å²) in [4.78, 5) is 6.25. The number of likely N-dealkylation sites (N-methyl/N-ethyl adjacent to an activating group) is 1. The zero-order chi connectivity index (χ0) is 13.9. The summed E-state index contributed by atoms with van der Waals surface area (Å²) in [6, 6.07) is 3.14. The highest BCUT2D eigenvalue weighted by Crippen LogP contribution is 2.16. The first kappa shape index (κ1) is 14.2. The molecule has 1 aliphatic heterocycles. The third-order valence-corrected chi connectivity index (χ3v) is 3.84. The molecule has 1 aromatic heterocycles. The largest absolute Gasteiger partial charge is 0.373 e. The average Bonchev–Trinajstić information content (AvgIpc) is 2.39. The summed E-state index contributed by atoms with van der Waals surface area (Å²) in [6.45, 7) is 2.86. The lowest BCUT2D eigenvalue weighted by molar-refractivity contribution is 0.0419. The molecule has 0 aliphatic carbocycles. The summed E-state index contributed by atoms with van der Waals surface area (Å²) >= 11 is 0. The van der Waals surface area contributed by atoms with Crippen molar-refractivity contribution >= 4 is 15.8 Å². The van der Waals surface area contributed by atoms with Crippen LogP contribution in [0.1, 0.15) is 0 Å². The highest BCUT2D eigenvalue weighted by atomic mass is 32.2. The molecule has 1 atom stereocenters. The number of morpholine rings is 1. The van der Waals surface area contributed by atoms with Gasteiger partial charge in [0.1, 0.15) is 10.7 Å². The van der Waals surface area contributed by atoms with Crippen molar-refractivity contribution in [1.82, 2.24) is 10.3 Å². The predicted octanol–water partition coefficient (Wildman–Crippen LogP) is -0.846. The number of nitrogens with one attached hydrogen (secondary N) is 1. The van der Waals surface area contributed by atoms with Gasteiger partial charge in [0.25, 0.3) is 0 Å². The first-order valence-corrected chi connectivity index (χ1v) is 7.55. The van der Waals surface area contributed by atoms with Crippen molar-refractivity contribution in [3.63, 3.8) is 0 Å². The first-order valence-electron chi connectivity index (χ1n) is 6.00. The fraction of sp³-hybridized carbons (Fsp3) is 0.545. The molecular formula is C11H18N4O3S. The quantitative estimate of drug-likeness (QED) is 0.748. The van der Waals surface area contributed by atoms with Crippen molar-refractivity contribution in [2.24, 2.45) is 5.14 Å². The number of anilines is 1. The van der Waals surface area contributed by atoms with Crippen LogP contribution >= 0.6 is 0 Å². The standard InChI is InChI=1S/C11H18N4O3S/c1-13-6-9-8-15(4-5-18-9)11-3-2-10(7-14-11)19(12,16)17/h2-3,7,9,13H,4-6,8H2,1H3,(H2,12,16,17). The molecule has 1 fully saturated rings. The second kappa shape index (κ2) is 5.83. The number of primary sulfonamides is 1. The number of nitrogens with two attached hydrogens (primary N) is 1. The third-order valence-electron chi connectivity index (χ3n) is 2.94. The lowest BCUT2D eigenvalue weighted by Crippen LogP contribution is -2.46. The summed E-state index contributed by atoms with van der Waals surface area (Å²) in [5.74, 6) is 0.733. The van der Waals surface area contributed by atoms with Crippen LogP contribution in [0.15, 0.2) is 23.2 Å². The number of ether oxygens (including phenoxy) is 1. The highest BCUT2D eigenvalue weighted by Gasteiger charge is 2.21. The van der Waals surface area contributed by atoms with Crippen LogP contribution in [-0.4, -0.2) is 52.8 Å². The molecule has 0 amide bonds. The highest BCUT2D eigenvalue weighted by molar-refractivity contribution is 7.89. The van der Waals surface area contributed by atoms with Crippen LogP contribution in [0, 0.1) is 0 Å². The Morgan fingerprint density at radius 3 is 2.95 bits per heavy atom. The Morgan fingerprint density at radius 1 is 1.58 bits per heavy atom. The summed E-state index contributed by atoms with van der Waals surface area (Å²) < 4.78 is 27.9. The van der Waals surface area contributed by atoms with Crippen LogP contribution in [0.3, 0.4) is 0 Å². The van der Waals surface area contributed by atoms with Crippen molar-refractivity contribution in [3.05, 3.63) is 18.3 Å². The van der Waals surface area contributed by atoms with E-state index in [0.717, 1.165) is 25.5 Å². The molecule has 1 aliphatic rings. The van der Waals surface area contributed by atoms with Crippen LogP contribution in [0.5, 0.6) is 0 Å². The Balaban J connectivity index is 2.09. The number of hydrogen-bond donors (Lipinski definition) is 2. The van der Waals surface area contributed by atoms with Crippen molar-refractivity contribution in [2.45, 2.75) is 11.0 Å². The van der Waals surface area contributed by atoms with E-state index < -0.39 is 10.0 Å². The monoisotopic (exact) mass is 286 g/mol. The molecule has 0 saturated carbocycles. The third kappa shape index (κ3) is 3.63. The lowest BCUT2D eigenvalue weighted by atomic mass is 10.2. The van der Waals surface area contributed by atoms with Gasteiger partial charge in [0, 0.05) is 25.8 Å². The summed E-state index contributed by atoms with van der Waals surface area (Å²) in [5.41, 5.74) is 0. The molecule has 1 unspecified atom stereocenters. The molecule has 106 valence electrons. The number of nitrogens with zero attached hydrogens (tertiary/aromatic N) is 2. The van der Waals surface area contributed by atoms with E-state index in [1.807, 2.05) is 7.05 Å². The zero-order valence-electron chi connectivity index (χ0n) is 10.7. The number of rotatable bonds is 4. The van der Waals surface area contributed by atoms with Gasteiger partial charge in [-0.05, 0) is 19.2 Å². The first-order chi connectivity index (χ1) is 9.00.